The van der Waals surface area contributed by atoms with Gasteiger partial charge in [-0.15, -0.1) is 5.10 Å². The molecule has 0 bridgehead atoms. The molecule has 1 saturated heterocycles. The van der Waals surface area contributed by atoms with Gasteiger partial charge >= 0.3 is 6.18 Å². The number of carbonyl (C=O) groups excluding carboxylic acids is 2. The highest BCUT2D eigenvalue weighted by molar-refractivity contribution is 6.04. The van der Waals surface area contributed by atoms with E-state index >= 15 is 0 Å². The number of amides is 1. The Morgan fingerprint density at radius 1 is 1.26 bits per heavy atom. The van der Waals surface area contributed by atoms with Gasteiger partial charge in [-0.25, -0.2) is 13.9 Å². The summed E-state index contributed by atoms with van der Waals surface area (Å²) in [6, 6.07) is 3.27. The van der Waals surface area contributed by atoms with Crippen molar-refractivity contribution in [2.45, 2.75) is 45.1 Å². The molecule has 2 unspecified atom stereocenters. The molecule has 1 aliphatic rings. The molecular weight excluding hydrogens is 472 g/mol. The molecule has 0 saturated carbocycles. The van der Waals surface area contributed by atoms with Crippen molar-refractivity contribution in [3.63, 3.8) is 0 Å². The summed E-state index contributed by atoms with van der Waals surface area (Å²) in [5.41, 5.74) is -0.939. The van der Waals surface area contributed by atoms with Crippen LogP contribution in [0.5, 0.6) is 0 Å². The smallest absolute Gasteiger partial charge is 0.349 e. The molecule has 3 aromatic heterocycles. The molecule has 1 aliphatic heterocycles. The maximum absolute atomic E-state index is 13.1. The molecule has 1 amide bonds. The van der Waals surface area contributed by atoms with E-state index in [2.05, 4.69) is 31.1 Å². The second-order valence-corrected chi connectivity index (χ2v) is 8.07. The number of aryl methyl sites for hydroxylation is 1. The number of rotatable bonds is 5. The Kier molecular flexibility index (Phi) is 8.04. The SMILES string of the molecule is CC(=O)C(C)F.Cn1cc(NC(=O)c2ccc3cnc(NC4CCCNC4)nn23)c(C(F)(F)F)n1. The van der Waals surface area contributed by atoms with Gasteiger partial charge in [-0.2, -0.15) is 18.3 Å². The Morgan fingerprint density at radius 3 is 2.57 bits per heavy atom. The van der Waals surface area contributed by atoms with Gasteiger partial charge in [0.05, 0.1) is 17.4 Å². The first-order valence-electron chi connectivity index (χ1n) is 10.8. The third-order valence-electron chi connectivity index (χ3n) is 5.17. The van der Waals surface area contributed by atoms with E-state index in [0.717, 1.165) is 36.8 Å². The van der Waals surface area contributed by atoms with E-state index in [0.29, 0.717) is 11.5 Å². The molecule has 10 nitrogen and oxygen atoms in total. The van der Waals surface area contributed by atoms with E-state index in [4.69, 9.17) is 0 Å². The largest absolute Gasteiger partial charge is 0.437 e. The lowest BCUT2D eigenvalue weighted by atomic mass is 10.1. The van der Waals surface area contributed by atoms with Crippen molar-refractivity contribution < 1.29 is 27.2 Å². The summed E-state index contributed by atoms with van der Waals surface area (Å²) >= 11 is 0. The number of aromatic nitrogens is 5. The maximum Gasteiger partial charge on any atom is 0.437 e. The fourth-order valence-electron chi connectivity index (χ4n) is 3.27. The van der Waals surface area contributed by atoms with Gasteiger partial charge < -0.3 is 16.0 Å². The van der Waals surface area contributed by atoms with Crippen molar-refractivity contribution in [2.75, 3.05) is 23.7 Å². The number of nitrogens with one attached hydrogen (secondary N) is 3. The van der Waals surface area contributed by atoms with Crippen molar-refractivity contribution in [1.82, 2.24) is 29.7 Å². The monoisotopic (exact) mass is 498 g/mol. The van der Waals surface area contributed by atoms with Crippen molar-refractivity contribution in [3.05, 3.63) is 35.9 Å². The second kappa shape index (κ2) is 10.8. The highest BCUT2D eigenvalue weighted by Crippen LogP contribution is 2.33. The predicted molar refractivity (Wildman–Crippen MR) is 120 cm³/mol. The van der Waals surface area contributed by atoms with Crippen LogP contribution in [0.15, 0.2) is 24.5 Å². The molecular formula is C21H26F4N8O2. The Morgan fingerprint density at radius 2 is 1.97 bits per heavy atom. The van der Waals surface area contributed by atoms with E-state index in [-0.39, 0.29) is 11.7 Å². The molecule has 3 aromatic rings. The third-order valence-corrected chi connectivity index (χ3v) is 5.17. The van der Waals surface area contributed by atoms with Crippen LogP contribution in [0.1, 0.15) is 42.9 Å². The molecule has 0 aliphatic carbocycles. The molecule has 0 aromatic carbocycles. The standard InChI is InChI=1S/C17H19F3N8O.C4H7FO/c1-27-9-12(14(25-27)17(18,19)20)24-15(29)13-5-4-11-8-22-16(26-28(11)13)23-10-3-2-6-21-7-10;1-3(5)4(2)6/h4-5,8-10,21H,2-3,6-7H2,1H3,(H,23,26)(H,24,29);3H,1-2H3. The number of nitrogens with zero attached hydrogens (tertiary/aromatic N) is 5. The number of piperidine rings is 1. The van der Waals surface area contributed by atoms with Gasteiger partial charge in [0.15, 0.2) is 17.6 Å². The number of hydrogen-bond donors (Lipinski definition) is 3. The number of fused-ring (bicyclic) bond motifs is 1. The lowest BCUT2D eigenvalue weighted by Gasteiger charge is -2.23. The number of alkyl halides is 4. The quantitative estimate of drug-likeness (QED) is 0.463. The summed E-state index contributed by atoms with van der Waals surface area (Å²) in [5.74, 6) is -0.795. The van der Waals surface area contributed by atoms with Crippen LogP contribution in [0.2, 0.25) is 0 Å². The molecule has 3 N–H and O–H groups in total. The van der Waals surface area contributed by atoms with Crippen LogP contribution in [0.3, 0.4) is 0 Å². The zero-order chi connectivity index (χ0) is 25.8. The first kappa shape index (κ1) is 26.1. The average Bonchev–Trinajstić information content (AvgIpc) is 3.37. The van der Waals surface area contributed by atoms with E-state index in [1.54, 1.807) is 12.3 Å². The lowest BCUT2D eigenvalue weighted by Crippen LogP contribution is -2.39. The highest BCUT2D eigenvalue weighted by atomic mass is 19.4. The van der Waals surface area contributed by atoms with Crippen LogP contribution in [-0.2, 0) is 18.0 Å². The Bertz CT molecular complexity index is 1180. The summed E-state index contributed by atoms with van der Waals surface area (Å²) < 4.78 is 53.2. The van der Waals surface area contributed by atoms with E-state index < -0.39 is 35.4 Å². The zero-order valence-corrected chi connectivity index (χ0v) is 19.4. The van der Waals surface area contributed by atoms with Crippen LogP contribution in [-0.4, -0.2) is 61.4 Å². The normalized spacial score (nSPS) is 16.8. The first-order valence-corrected chi connectivity index (χ1v) is 10.8. The Hall–Kier alpha value is -3.55. The Labute approximate surface area is 198 Å². The molecule has 4 heterocycles. The van der Waals surface area contributed by atoms with Crippen molar-refractivity contribution in [2.24, 2.45) is 7.05 Å². The third kappa shape index (κ3) is 6.74. The minimum atomic E-state index is -4.68. The molecule has 0 spiro atoms. The molecule has 0 radical (unpaired) electrons. The van der Waals surface area contributed by atoms with Crippen LogP contribution in [0, 0.1) is 0 Å². The van der Waals surface area contributed by atoms with Gasteiger partial charge in [0.1, 0.15) is 5.69 Å². The van der Waals surface area contributed by atoms with Crippen molar-refractivity contribution >= 4 is 28.8 Å². The fraction of sp³-hybridized carbons (Fsp3) is 0.476. The minimum Gasteiger partial charge on any atom is -0.349 e. The number of carbonyl (C=O) groups is 2. The number of ketones is 1. The van der Waals surface area contributed by atoms with Crippen LogP contribution in [0.25, 0.3) is 5.52 Å². The topological polar surface area (TPSA) is 118 Å². The summed E-state index contributed by atoms with van der Waals surface area (Å²) in [4.78, 5) is 26.7. The molecule has 35 heavy (non-hydrogen) atoms. The number of hydrogen-bond acceptors (Lipinski definition) is 7. The fourth-order valence-corrected chi connectivity index (χ4v) is 3.27. The van der Waals surface area contributed by atoms with Crippen LogP contribution in [0.4, 0.5) is 29.2 Å². The van der Waals surface area contributed by atoms with Gasteiger partial charge in [-0.3, -0.25) is 14.3 Å². The van der Waals surface area contributed by atoms with Crippen LogP contribution < -0.4 is 16.0 Å². The van der Waals surface area contributed by atoms with Gasteiger partial charge in [-0.1, -0.05) is 0 Å². The van der Waals surface area contributed by atoms with E-state index in [9.17, 15) is 27.2 Å². The molecule has 2 atom stereocenters. The first-order chi connectivity index (χ1) is 16.5. The zero-order valence-electron chi connectivity index (χ0n) is 19.4. The van der Waals surface area contributed by atoms with Crippen molar-refractivity contribution in [1.29, 1.82) is 0 Å². The van der Waals surface area contributed by atoms with E-state index in [1.807, 2.05) is 0 Å². The number of Topliss-reactive ketones (excluding diaryl/α,β-unsaturated/α-hetero) is 1. The lowest BCUT2D eigenvalue weighted by molar-refractivity contribution is -0.140. The van der Waals surface area contributed by atoms with Gasteiger partial charge in [0, 0.05) is 25.8 Å². The van der Waals surface area contributed by atoms with Crippen LogP contribution >= 0.6 is 0 Å². The van der Waals surface area contributed by atoms with E-state index in [1.165, 1.54) is 31.5 Å². The number of halogens is 4. The number of anilines is 2. The van der Waals surface area contributed by atoms with Gasteiger partial charge in [-0.05, 0) is 45.4 Å². The summed E-state index contributed by atoms with van der Waals surface area (Å²) in [5, 5.41) is 16.5. The summed E-state index contributed by atoms with van der Waals surface area (Å²) in [7, 11) is 1.35. The molecule has 1 fully saturated rings. The average molecular weight is 498 g/mol. The minimum absolute atomic E-state index is 0.0872. The summed E-state index contributed by atoms with van der Waals surface area (Å²) in [6.45, 7) is 4.20. The maximum atomic E-state index is 13.1. The molecule has 190 valence electrons. The molecule has 4 rings (SSSR count). The Balaban J connectivity index is 0.000000509. The predicted octanol–water partition coefficient (Wildman–Crippen LogP) is 2.83. The van der Waals surface area contributed by atoms with Crippen molar-refractivity contribution in [3.8, 4) is 0 Å². The van der Waals surface area contributed by atoms with Gasteiger partial charge in [0.2, 0.25) is 5.95 Å². The second-order valence-electron chi connectivity index (χ2n) is 8.07. The highest BCUT2D eigenvalue weighted by Gasteiger charge is 2.37. The van der Waals surface area contributed by atoms with Gasteiger partial charge in [0.25, 0.3) is 5.91 Å². The summed E-state index contributed by atoms with van der Waals surface area (Å²) in [6.07, 6.45) is -1.32. The molecule has 14 heteroatoms.